The highest BCUT2D eigenvalue weighted by Gasteiger charge is 2.42. The van der Waals surface area contributed by atoms with Crippen LogP contribution in [0.25, 0.3) is 0 Å². The number of aromatic amines is 1. The Labute approximate surface area is 106 Å². The molecule has 0 radical (unpaired) electrons. The summed E-state index contributed by atoms with van der Waals surface area (Å²) in [5.74, 6) is -0.274. The SMILES string of the molecule is COC[C@]1(CC(N)=O)CCCN1Cc1ccn[nH]1. The number of primary amides is 1. The lowest BCUT2D eigenvalue weighted by molar-refractivity contribution is -0.121. The summed E-state index contributed by atoms with van der Waals surface area (Å²) in [6, 6.07) is 1.94. The van der Waals surface area contributed by atoms with Gasteiger partial charge in [0.05, 0.1) is 12.1 Å². The second kappa shape index (κ2) is 5.49. The van der Waals surface area contributed by atoms with Crippen LogP contribution < -0.4 is 5.73 Å². The van der Waals surface area contributed by atoms with E-state index in [0.29, 0.717) is 13.0 Å². The number of amides is 1. The summed E-state index contributed by atoms with van der Waals surface area (Å²) in [6.07, 6.45) is 4.08. The molecule has 0 aromatic carbocycles. The number of nitrogens with two attached hydrogens (primary N) is 1. The Balaban J connectivity index is 2.12. The van der Waals surface area contributed by atoms with Crippen LogP contribution in [0.2, 0.25) is 0 Å². The van der Waals surface area contributed by atoms with E-state index in [1.807, 2.05) is 6.07 Å². The topological polar surface area (TPSA) is 84.2 Å². The minimum absolute atomic E-state index is 0.258. The molecule has 0 spiro atoms. The minimum atomic E-state index is -0.274. The fourth-order valence-corrected chi connectivity index (χ4v) is 2.83. The number of ether oxygens (including phenoxy) is 1. The molecule has 2 heterocycles. The number of nitrogens with one attached hydrogen (secondary N) is 1. The van der Waals surface area contributed by atoms with E-state index < -0.39 is 0 Å². The molecule has 0 unspecified atom stereocenters. The maximum absolute atomic E-state index is 11.3. The van der Waals surface area contributed by atoms with Gasteiger partial charge in [-0.1, -0.05) is 0 Å². The Hall–Kier alpha value is -1.40. The van der Waals surface area contributed by atoms with Gasteiger partial charge < -0.3 is 10.5 Å². The molecule has 2 rings (SSSR count). The first-order chi connectivity index (χ1) is 8.66. The van der Waals surface area contributed by atoms with Crippen LogP contribution >= 0.6 is 0 Å². The second-order valence-electron chi connectivity index (χ2n) is 4.91. The molecular formula is C12H20N4O2. The van der Waals surface area contributed by atoms with E-state index in [1.54, 1.807) is 13.3 Å². The highest BCUT2D eigenvalue weighted by molar-refractivity contribution is 5.75. The van der Waals surface area contributed by atoms with E-state index in [1.165, 1.54) is 0 Å². The van der Waals surface area contributed by atoms with Crippen molar-refractivity contribution in [2.75, 3.05) is 20.3 Å². The van der Waals surface area contributed by atoms with Crippen LogP contribution in [0.15, 0.2) is 12.3 Å². The van der Waals surface area contributed by atoms with E-state index in [0.717, 1.165) is 31.6 Å². The van der Waals surface area contributed by atoms with Crippen molar-refractivity contribution in [2.45, 2.75) is 31.3 Å². The minimum Gasteiger partial charge on any atom is -0.383 e. The van der Waals surface area contributed by atoms with Crippen LogP contribution in [0.4, 0.5) is 0 Å². The zero-order chi connectivity index (χ0) is 13.0. The Morgan fingerprint density at radius 1 is 1.72 bits per heavy atom. The molecule has 100 valence electrons. The van der Waals surface area contributed by atoms with Gasteiger partial charge in [-0.3, -0.25) is 14.8 Å². The highest BCUT2D eigenvalue weighted by atomic mass is 16.5. The Morgan fingerprint density at radius 2 is 2.56 bits per heavy atom. The predicted octanol–water partition coefficient (Wildman–Crippen LogP) is 0.266. The van der Waals surface area contributed by atoms with Gasteiger partial charge in [0, 0.05) is 32.0 Å². The molecule has 6 nitrogen and oxygen atoms in total. The third kappa shape index (κ3) is 2.70. The van der Waals surface area contributed by atoms with Crippen molar-refractivity contribution in [1.29, 1.82) is 0 Å². The number of H-pyrrole nitrogens is 1. The summed E-state index contributed by atoms with van der Waals surface area (Å²) in [6.45, 7) is 2.23. The molecule has 1 amide bonds. The number of hydrogen-bond acceptors (Lipinski definition) is 4. The largest absolute Gasteiger partial charge is 0.383 e. The predicted molar refractivity (Wildman–Crippen MR) is 66.7 cm³/mol. The third-order valence-corrected chi connectivity index (χ3v) is 3.58. The standard InChI is InChI=1S/C12H20N4O2/c1-18-9-12(7-11(13)17)4-2-6-16(12)8-10-3-5-14-15-10/h3,5H,2,4,6-9H2,1H3,(H2,13,17)(H,14,15)/t12-/m1/s1. The second-order valence-corrected chi connectivity index (χ2v) is 4.91. The molecule has 18 heavy (non-hydrogen) atoms. The summed E-state index contributed by atoms with van der Waals surface area (Å²) in [5, 5.41) is 6.89. The van der Waals surface area contributed by atoms with E-state index in [9.17, 15) is 4.79 Å². The number of aromatic nitrogens is 2. The van der Waals surface area contributed by atoms with Gasteiger partial charge in [-0.2, -0.15) is 5.10 Å². The smallest absolute Gasteiger partial charge is 0.219 e. The first kappa shape index (κ1) is 13.0. The molecule has 1 saturated heterocycles. The van der Waals surface area contributed by atoms with Crippen LogP contribution in [0, 0.1) is 0 Å². The quantitative estimate of drug-likeness (QED) is 0.761. The number of rotatable bonds is 6. The van der Waals surface area contributed by atoms with Crippen molar-refractivity contribution in [3.63, 3.8) is 0 Å². The van der Waals surface area contributed by atoms with Crippen molar-refractivity contribution in [1.82, 2.24) is 15.1 Å². The first-order valence-corrected chi connectivity index (χ1v) is 6.17. The van der Waals surface area contributed by atoms with Crippen LogP contribution in [-0.2, 0) is 16.1 Å². The molecule has 1 aromatic heterocycles. The van der Waals surface area contributed by atoms with Gasteiger partial charge in [0.25, 0.3) is 0 Å². The van der Waals surface area contributed by atoms with Crippen molar-refractivity contribution in [2.24, 2.45) is 5.73 Å². The number of carbonyl (C=O) groups is 1. The molecule has 0 aliphatic carbocycles. The van der Waals surface area contributed by atoms with Gasteiger partial charge >= 0.3 is 0 Å². The Morgan fingerprint density at radius 3 is 3.17 bits per heavy atom. The average Bonchev–Trinajstić information content (AvgIpc) is 2.91. The maximum atomic E-state index is 11.3. The zero-order valence-electron chi connectivity index (χ0n) is 10.7. The first-order valence-electron chi connectivity index (χ1n) is 6.17. The molecular weight excluding hydrogens is 232 g/mol. The molecule has 6 heteroatoms. The van der Waals surface area contributed by atoms with E-state index in [-0.39, 0.29) is 11.4 Å². The lowest BCUT2D eigenvalue weighted by atomic mass is 9.92. The molecule has 1 aromatic rings. The van der Waals surface area contributed by atoms with Crippen molar-refractivity contribution in [3.8, 4) is 0 Å². The summed E-state index contributed by atoms with van der Waals surface area (Å²) >= 11 is 0. The Bertz CT molecular complexity index is 393. The van der Waals surface area contributed by atoms with E-state index in [4.69, 9.17) is 10.5 Å². The van der Waals surface area contributed by atoms with Crippen molar-refractivity contribution >= 4 is 5.91 Å². The number of nitrogens with zero attached hydrogens (tertiary/aromatic N) is 2. The van der Waals surface area contributed by atoms with Crippen LogP contribution in [0.1, 0.15) is 25.0 Å². The van der Waals surface area contributed by atoms with Crippen LogP contribution in [-0.4, -0.2) is 46.8 Å². The van der Waals surface area contributed by atoms with Gasteiger partial charge in [0.2, 0.25) is 5.91 Å². The lowest BCUT2D eigenvalue weighted by Gasteiger charge is -2.37. The van der Waals surface area contributed by atoms with E-state index >= 15 is 0 Å². The monoisotopic (exact) mass is 252 g/mol. The summed E-state index contributed by atoms with van der Waals surface area (Å²) in [4.78, 5) is 13.6. The number of methoxy groups -OCH3 is 1. The van der Waals surface area contributed by atoms with Crippen LogP contribution in [0.5, 0.6) is 0 Å². The molecule has 1 aliphatic rings. The molecule has 1 atom stereocenters. The van der Waals surface area contributed by atoms with Gasteiger partial charge in [0.1, 0.15) is 0 Å². The van der Waals surface area contributed by atoms with Crippen LogP contribution in [0.3, 0.4) is 0 Å². The summed E-state index contributed by atoms with van der Waals surface area (Å²) in [5.41, 5.74) is 6.17. The average molecular weight is 252 g/mol. The van der Waals surface area contributed by atoms with Crippen molar-refractivity contribution < 1.29 is 9.53 Å². The highest BCUT2D eigenvalue weighted by Crippen LogP contribution is 2.33. The maximum Gasteiger partial charge on any atom is 0.219 e. The molecule has 0 bridgehead atoms. The molecule has 3 N–H and O–H groups in total. The fraction of sp³-hybridized carbons (Fsp3) is 0.667. The summed E-state index contributed by atoms with van der Waals surface area (Å²) < 4.78 is 5.30. The number of carbonyl (C=O) groups excluding carboxylic acids is 1. The third-order valence-electron chi connectivity index (χ3n) is 3.58. The van der Waals surface area contributed by atoms with Gasteiger partial charge in [-0.15, -0.1) is 0 Å². The van der Waals surface area contributed by atoms with Gasteiger partial charge in [-0.05, 0) is 25.5 Å². The molecule has 1 aliphatic heterocycles. The molecule has 1 fully saturated rings. The van der Waals surface area contributed by atoms with E-state index in [2.05, 4.69) is 15.1 Å². The summed E-state index contributed by atoms with van der Waals surface area (Å²) in [7, 11) is 1.66. The molecule has 0 saturated carbocycles. The fourth-order valence-electron chi connectivity index (χ4n) is 2.83. The van der Waals surface area contributed by atoms with Crippen molar-refractivity contribution in [3.05, 3.63) is 18.0 Å². The Kier molecular flexibility index (Phi) is 3.98. The number of hydrogen-bond donors (Lipinski definition) is 2. The lowest BCUT2D eigenvalue weighted by Crippen LogP contribution is -2.49. The van der Waals surface area contributed by atoms with Gasteiger partial charge in [0.15, 0.2) is 0 Å². The number of likely N-dealkylation sites (tertiary alicyclic amines) is 1. The normalized spacial score (nSPS) is 24.5. The van der Waals surface area contributed by atoms with Gasteiger partial charge in [-0.25, -0.2) is 0 Å². The zero-order valence-corrected chi connectivity index (χ0v) is 10.7.